The number of oxazole rings is 1. The van der Waals surface area contributed by atoms with Crippen molar-refractivity contribution in [2.75, 3.05) is 38.0 Å². The Morgan fingerprint density at radius 1 is 0.908 bits per heavy atom. The van der Waals surface area contributed by atoms with E-state index in [9.17, 15) is 37.1 Å². The number of anilines is 1. The van der Waals surface area contributed by atoms with Crippen molar-refractivity contribution in [3.63, 3.8) is 0 Å². The summed E-state index contributed by atoms with van der Waals surface area (Å²) in [5.74, 6) is -1.15. The Balaban J connectivity index is 0.736. The molecule has 18 heteroatoms. The molecule has 0 radical (unpaired) electrons. The third kappa shape index (κ3) is 9.63. The summed E-state index contributed by atoms with van der Waals surface area (Å²) in [5, 5.41) is 5.61. The lowest BCUT2D eigenvalue weighted by Crippen LogP contribution is -2.44. The molecule has 3 atom stereocenters. The van der Waals surface area contributed by atoms with Crippen LogP contribution in [0.15, 0.2) is 81.0 Å². The smallest absolute Gasteiger partial charge is 0.408 e. The van der Waals surface area contributed by atoms with Gasteiger partial charge in [0.2, 0.25) is 23.7 Å². The van der Waals surface area contributed by atoms with Crippen molar-refractivity contribution in [2.24, 2.45) is 11.8 Å². The van der Waals surface area contributed by atoms with Gasteiger partial charge in [-0.15, -0.1) is 0 Å². The second-order valence-electron chi connectivity index (χ2n) is 17.9. The summed E-state index contributed by atoms with van der Waals surface area (Å²) < 4.78 is 63.1. The van der Waals surface area contributed by atoms with Gasteiger partial charge in [0.05, 0.1) is 17.3 Å². The van der Waals surface area contributed by atoms with Gasteiger partial charge in [0.15, 0.2) is 11.4 Å². The minimum atomic E-state index is -4.65. The Labute approximate surface area is 371 Å². The Hall–Kier alpha value is -6.17. The molecule has 1 aliphatic carbocycles. The van der Waals surface area contributed by atoms with Crippen molar-refractivity contribution < 1.29 is 36.4 Å². The fraction of sp³-hybridized carbons (Fsp3) is 0.468. The molecule has 3 aliphatic heterocycles. The topological polar surface area (TPSA) is 165 Å². The number of imide groups is 1. The minimum Gasteiger partial charge on any atom is -0.408 e. The summed E-state index contributed by atoms with van der Waals surface area (Å²) in [6.07, 6.45) is 5.42. The van der Waals surface area contributed by atoms with Crippen LogP contribution < -0.4 is 21.9 Å². The van der Waals surface area contributed by atoms with Crippen LogP contribution in [0.2, 0.25) is 0 Å². The van der Waals surface area contributed by atoms with Crippen LogP contribution in [-0.4, -0.2) is 85.4 Å². The zero-order valence-electron chi connectivity index (χ0n) is 35.7. The molecule has 5 aromatic rings. The van der Waals surface area contributed by atoms with E-state index in [4.69, 9.17) is 4.42 Å². The van der Waals surface area contributed by atoms with Crippen molar-refractivity contribution >= 4 is 34.8 Å². The summed E-state index contributed by atoms with van der Waals surface area (Å²) >= 11 is 0. The van der Waals surface area contributed by atoms with Gasteiger partial charge in [0, 0.05) is 55.0 Å². The van der Waals surface area contributed by atoms with Crippen LogP contribution in [-0.2, 0) is 20.6 Å². The second-order valence-corrected chi connectivity index (χ2v) is 17.9. The molecule has 2 aromatic carbocycles. The molecule has 65 heavy (non-hydrogen) atoms. The molecule has 3 amide bonds. The number of carbonyl (C=O) groups excluding carboxylic acids is 3. The highest BCUT2D eigenvalue weighted by atomic mass is 19.4. The van der Waals surface area contributed by atoms with Crippen LogP contribution >= 0.6 is 0 Å². The Kier molecular flexibility index (Phi) is 12.5. The van der Waals surface area contributed by atoms with E-state index in [0.717, 1.165) is 113 Å². The first-order chi connectivity index (χ1) is 31.3. The number of halogens is 4. The van der Waals surface area contributed by atoms with Gasteiger partial charge < -0.3 is 19.5 Å². The van der Waals surface area contributed by atoms with Gasteiger partial charge in [0.25, 0.3) is 5.56 Å². The van der Waals surface area contributed by atoms with E-state index in [-0.39, 0.29) is 59.5 Å². The molecule has 4 fully saturated rings. The van der Waals surface area contributed by atoms with E-state index >= 15 is 4.39 Å². The molecule has 1 unspecified atom stereocenters. The Morgan fingerprint density at radius 3 is 2.48 bits per heavy atom. The van der Waals surface area contributed by atoms with Gasteiger partial charge in [-0.25, -0.2) is 19.2 Å². The Bertz CT molecular complexity index is 2720. The van der Waals surface area contributed by atoms with E-state index in [1.807, 2.05) is 23.1 Å². The lowest BCUT2D eigenvalue weighted by molar-refractivity contribution is -0.138. The Morgan fingerprint density at radius 2 is 1.71 bits per heavy atom. The third-order valence-electron chi connectivity index (χ3n) is 13.7. The largest absolute Gasteiger partial charge is 0.420 e. The molecular formula is C47H50F4N8O6. The third-order valence-corrected chi connectivity index (χ3v) is 13.7. The lowest BCUT2D eigenvalue weighted by Gasteiger charge is -2.38. The van der Waals surface area contributed by atoms with E-state index in [2.05, 4.69) is 25.5 Å². The number of fused-ring (bicyclic) bond motifs is 1. The van der Waals surface area contributed by atoms with Gasteiger partial charge in [0.1, 0.15) is 11.7 Å². The average molecular weight is 899 g/mol. The molecule has 0 bridgehead atoms. The molecule has 3 saturated heterocycles. The SMILES string of the molecule is O=C1CCC(n2c(=O)oc3cc(C4CCN(CCC5CCN(C(=O)[C@@H]6CCC[C@H](Nc7ncc(F)c(-c8cccc(-n9cc(C(F)(F)F)ccc9=O)c8)n7)C6)CC5)CC4)ccc32)C(=O)N1. The number of alkyl halides is 3. The van der Waals surface area contributed by atoms with Crippen molar-refractivity contribution in [3.05, 3.63) is 105 Å². The molecule has 9 rings (SSSR count). The molecule has 3 aromatic heterocycles. The number of amides is 3. The molecular weight excluding hydrogens is 849 g/mol. The van der Waals surface area contributed by atoms with E-state index in [0.29, 0.717) is 35.6 Å². The van der Waals surface area contributed by atoms with Crippen LogP contribution in [0.3, 0.4) is 0 Å². The number of piperidine rings is 3. The highest BCUT2D eigenvalue weighted by Crippen LogP contribution is 2.34. The van der Waals surface area contributed by atoms with Crippen LogP contribution in [0.1, 0.15) is 93.7 Å². The van der Waals surface area contributed by atoms with Gasteiger partial charge >= 0.3 is 11.9 Å². The minimum absolute atomic E-state index is 0.0758. The summed E-state index contributed by atoms with van der Waals surface area (Å²) in [7, 11) is 0. The fourth-order valence-electron chi connectivity index (χ4n) is 10.1. The van der Waals surface area contributed by atoms with Gasteiger partial charge in [-0.1, -0.05) is 24.6 Å². The van der Waals surface area contributed by atoms with Crippen LogP contribution in [0, 0.1) is 17.7 Å². The van der Waals surface area contributed by atoms with E-state index in [1.165, 1.54) is 22.8 Å². The first-order valence-corrected chi connectivity index (χ1v) is 22.5. The highest BCUT2D eigenvalue weighted by Gasteiger charge is 2.35. The summed E-state index contributed by atoms with van der Waals surface area (Å²) in [6.45, 7) is 4.36. The van der Waals surface area contributed by atoms with Crippen molar-refractivity contribution in [1.29, 1.82) is 0 Å². The first-order valence-electron chi connectivity index (χ1n) is 22.5. The van der Waals surface area contributed by atoms with E-state index in [1.54, 1.807) is 6.07 Å². The normalized spacial score (nSPS) is 21.7. The number of aromatic nitrogens is 4. The van der Waals surface area contributed by atoms with Crippen LogP contribution in [0.25, 0.3) is 28.0 Å². The fourth-order valence-corrected chi connectivity index (χ4v) is 10.1. The average Bonchev–Trinajstić information content (AvgIpc) is 3.63. The lowest BCUT2D eigenvalue weighted by atomic mass is 9.84. The highest BCUT2D eigenvalue weighted by molar-refractivity contribution is 6.00. The molecule has 0 spiro atoms. The molecule has 2 N–H and O–H groups in total. The monoisotopic (exact) mass is 898 g/mol. The number of likely N-dealkylation sites (tertiary alicyclic amines) is 2. The maximum absolute atomic E-state index is 15.1. The predicted octanol–water partition coefficient (Wildman–Crippen LogP) is 6.82. The van der Waals surface area contributed by atoms with Crippen molar-refractivity contribution in [1.82, 2.24) is 34.2 Å². The predicted molar refractivity (Wildman–Crippen MR) is 232 cm³/mol. The number of carbonyl (C=O) groups is 3. The van der Waals surface area contributed by atoms with Gasteiger partial charge in [-0.05, 0) is 125 Å². The summed E-state index contributed by atoms with van der Waals surface area (Å²) in [4.78, 5) is 76.3. The molecule has 6 heterocycles. The molecule has 14 nitrogen and oxygen atoms in total. The number of rotatable bonds is 10. The van der Waals surface area contributed by atoms with Crippen molar-refractivity contribution in [2.45, 2.75) is 94.8 Å². The molecule has 4 aliphatic rings. The van der Waals surface area contributed by atoms with Crippen LogP contribution in [0.5, 0.6) is 0 Å². The maximum Gasteiger partial charge on any atom is 0.420 e. The summed E-state index contributed by atoms with van der Waals surface area (Å²) in [5.41, 5.74) is 0.740. The molecule has 342 valence electrons. The standard InChI is InChI=1S/C47H50F4N8O6/c48-36-26-52-45(55-42(36)31-3-2-6-35(24-31)58-27-33(47(49,50)51)8-12-41(58)61)53-34-5-1-4-32(23-34)44(63)57-21-14-28(15-22-57)13-18-56-19-16-29(17-20-56)30-7-9-37-39(25-30)65-46(64)59(37)38-10-11-40(60)54-43(38)62/h2-3,6-9,12,24-29,32,34,38H,1,4-5,10-11,13-23H2,(H,52,53,55)(H,54,60,62)/t32-,34+,38?/m1/s1. The number of hydrogen-bond donors (Lipinski definition) is 2. The second kappa shape index (κ2) is 18.4. The van der Waals surface area contributed by atoms with Gasteiger partial charge in [-0.2, -0.15) is 13.2 Å². The maximum atomic E-state index is 15.1. The molecule has 1 saturated carbocycles. The zero-order valence-corrected chi connectivity index (χ0v) is 35.7. The number of benzene rings is 2. The number of pyridine rings is 1. The van der Waals surface area contributed by atoms with Crippen molar-refractivity contribution in [3.8, 4) is 16.9 Å². The number of hydrogen-bond acceptors (Lipinski definition) is 10. The number of nitrogens with one attached hydrogen (secondary N) is 2. The summed E-state index contributed by atoms with van der Waals surface area (Å²) in [6, 6.07) is 12.4. The van der Waals surface area contributed by atoms with E-state index < -0.39 is 40.8 Å². The first kappa shape index (κ1) is 44.1. The van der Waals surface area contributed by atoms with Crippen LogP contribution in [0.4, 0.5) is 23.5 Å². The zero-order chi connectivity index (χ0) is 45.4. The number of nitrogens with zero attached hydrogens (tertiary/aromatic N) is 6. The van der Waals surface area contributed by atoms with Gasteiger partial charge in [-0.3, -0.25) is 33.6 Å². The quantitative estimate of drug-likeness (QED) is 0.112.